The van der Waals surface area contributed by atoms with Crippen LogP contribution in [0, 0.1) is 0 Å². The molecule has 0 spiro atoms. The second-order valence-electron chi connectivity index (χ2n) is 4.39. The molecule has 0 saturated heterocycles. The molecule has 0 atom stereocenters. The third-order valence-corrected chi connectivity index (χ3v) is 4.10. The van der Waals surface area contributed by atoms with Gasteiger partial charge in [0.15, 0.2) is 0 Å². The molecular weight excluding hydrogens is 290 g/mol. The normalized spacial score (nSPS) is 10.7. The largest absolute Gasteiger partial charge is 0.478 e. The summed E-state index contributed by atoms with van der Waals surface area (Å²) in [5, 5.41) is 18.6. The van der Waals surface area contributed by atoms with E-state index >= 15 is 0 Å². The second-order valence-corrected chi connectivity index (χ2v) is 5.42. The highest BCUT2D eigenvalue weighted by molar-refractivity contribution is 7.21. The van der Waals surface area contributed by atoms with Crippen molar-refractivity contribution in [2.75, 3.05) is 0 Å². The number of rotatable bonds is 3. The van der Waals surface area contributed by atoms with Gasteiger partial charge in [0.05, 0.1) is 21.3 Å². The van der Waals surface area contributed by atoms with E-state index in [1.54, 1.807) is 24.3 Å². The van der Waals surface area contributed by atoms with E-state index < -0.39 is 11.9 Å². The van der Waals surface area contributed by atoms with Crippen LogP contribution < -0.4 is 0 Å². The van der Waals surface area contributed by atoms with E-state index in [4.69, 9.17) is 10.2 Å². The van der Waals surface area contributed by atoms with Gasteiger partial charge in [0, 0.05) is 5.56 Å². The molecule has 21 heavy (non-hydrogen) atoms. The minimum atomic E-state index is -0.989. The zero-order valence-corrected chi connectivity index (χ0v) is 11.4. The number of thiazole rings is 1. The summed E-state index contributed by atoms with van der Waals surface area (Å²) in [4.78, 5) is 26.2. The molecule has 0 fully saturated rings. The Balaban J connectivity index is 2.04. The van der Waals surface area contributed by atoms with Crippen LogP contribution in [0.1, 0.15) is 20.7 Å². The maximum Gasteiger partial charge on any atom is 0.335 e. The fourth-order valence-electron chi connectivity index (χ4n) is 1.94. The summed E-state index contributed by atoms with van der Waals surface area (Å²) in [7, 11) is 0. The lowest BCUT2D eigenvalue weighted by molar-refractivity contribution is 0.0686. The zero-order chi connectivity index (χ0) is 15.0. The smallest absolute Gasteiger partial charge is 0.335 e. The topological polar surface area (TPSA) is 87.5 Å². The highest BCUT2D eigenvalue weighted by Crippen LogP contribution is 2.30. The Morgan fingerprint density at radius 1 is 0.905 bits per heavy atom. The number of carboxylic acid groups (broad SMARTS) is 2. The first-order valence-corrected chi connectivity index (χ1v) is 6.84. The molecule has 0 saturated carbocycles. The van der Waals surface area contributed by atoms with Crippen molar-refractivity contribution in [3.63, 3.8) is 0 Å². The maximum absolute atomic E-state index is 10.9. The molecule has 0 radical (unpaired) electrons. The lowest BCUT2D eigenvalue weighted by Gasteiger charge is -1.97. The molecule has 0 bridgehead atoms. The highest BCUT2D eigenvalue weighted by Gasteiger charge is 2.10. The first-order chi connectivity index (χ1) is 10.0. The van der Waals surface area contributed by atoms with Gasteiger partial charge < -0.3 is 10.2 Å². The van der Waals surface area contributed by atoms with Crippen LogP contribution in [-0.2, 0) is 0 Å². The van der Waals surface area contributed by atoms with Gasteiger partial charge in [-0.1, -0.05) is 12.1 Å². The standard InChI is InChI=1S/C15H9NO4S/c17-14(18)9-3-1-8(2-4-9)13-16-11-7-10(15(19)20)5-6-12(11)21-13/h1-7H,(H,17,18)(H,19,20). The molecule has 1 heterocycles. The van der Waals surface area contributed by atoms with E-state index in [1.165, 1.54) is 29.5 Å². The van der Waals surface area contributed by atoms with E-state index in [0.29, 0.717) is 5.52 Å². The van der Waals surface area contributed by atoms with Gasteiger partial charge in [-0.25, -0.2) is 14.6 Å². The number of hydrogen-bond acceptors (Lipinski definition) is 4. The van der Waals surface area contributed by atoms with Crippen molar-refractivity contribution >= 4 is 33.5 Å². The summed E-state index contributed by atoms with van der Waals surface area (Å²) in [6, 6.07) is 11.2. The highest BCUT2D eigenvalue weighted by atomic mass is 32.1. The van der Waals surface area contributed by atoms with Crippen LogP contribution in [0.2, 0.25) is 0 Å². The molecule has 3 aromatic rings. The van der Waals surface area contributed by atoms with Crippen molar-refractivity contribution < 1.29 is 19.8 Å². The van der Waals surface area contributed by atoms with Crippen LogP contribution >= 0.6 is 11.3 Å². The number of aromatic nitrogens is 1. The van der Waals surface area contributed by atoms with Gasteiger partial charge in [-0.15, -0.1) is 11.3 Å². The van der Waals surface area contributed by atoms with Gasteiger partial charge in [-0.05, 0) is 30.3 Å². The van der Waals surface area contributed by atoms with Crippen molar-refractivity contribution in [1.82, 2.24) is 4.98 Å². The van der Waals surface area contributed by atoms with Gasteiger partial charge >= 0.3 is 11.9 Å². The molecule has 2 N–H and O–H groups in total. The van der Waals surface area contributed by atoms with Crippen molar-refractivity contribution in [3.8, 4) is 10.6 Å². The Kier molecular flexibility index (Phi) is 3.15. The molecular formula is C15H9NO4S. The monoisotopic (exact) mass is 299 g/mol. The third-order valence-electron chi connectivity index (χ3n) is 3.01. The predicted molar refractivity (Wildman–Crippen MR) is 79.0 cm³/mol. The van der Waals surface area contributed by atoms with Gasteiger partial charge in [0.2, 0.25) is 0 Å². The quantitative estimate of drug-likeness (QED) is 0.774. The summed E-state index contributed by atoms with van der Waals surface area (Å²) in [6.07, 6.45) is 0. The Morgan fingerprint density at radius 3 is 2.14 bits per heavy atom. The summed E-state index contributed by atoms with van der Waals surface area (Å²) >= 11 is 1.43. The summed E-state index contributed by atoms with van der Waals surface area (Å²) in [6.45, 7) is 0. The van der Waals surface area contributed by atoms with Gasteiger partial charge in [0.1, 0.15) is 5.01 Å². The van der Waals surface area contributed by atoms with Crippen LogP contribution in [0.5, 0.6) is 0 Å². The van der Waals surface area contributed by atoms with Gasteiger partial charge in [-0.2, -0.15) is 0 Å². The molecule has 0 aliphatic heterocycles. The summed E-state index contributed by atoms with van der Waals surface area (Å²) in [5.41, 5.74) is 1.84. The Bertz CT molecular complexity index is 852. The zero-order valence-electron chi connectivity index (χ0n) is 10.6. The van der Waals surface area contributed by atoms with Crippen LogP contribution in [0.3, 0.4) is 0 Å². The lowest BCUT2D eigenvalue weighted by Crippen LogP contribution is -1.95. The van der Waals surface area contributed by atoms with Crippen LogP contribution in [0.15, 0.2) is 42.5 Å². The minimum Gasteiger partial charge on any atom is -0.478 e. The average molecular weight is 299 g/mol. The number of nitrogens with zero attached hydrogens (tertiary/aromatic N) is 1. The summed E-state index contributed by atoms with van der Waals surface area (Å²) < 4.78 is 0.886. The molecule has 5 nitrogen and oxygen atoms in total. The van der Waals surface area contributed by atoms with Crippen molar-refractivity contribution in [3.05, 3.63) is 53.6 Å². The number of carbonyl (C=O) groups is 2. The number of benzene rings is 2. The van der Waals surface area contributed by atoms with E-state index in [2.05, 4.69) is 4.98 Å². The number of aromatic carboxylic acids is 2. The van der Waals surface area contributed by atoms with Crippen LogP contribution in [0.25, 0.3) is 20.8 Å². The van der Waals surface area contributed by atoms with E-state index in [1.807, 2.05) is 0 Å². The molecule has 0 aliphatic carbocycles. The van der Waals surface area contributed by atoms with Gasteiger partial charge in [-0.3, -0.25) is 0 Å². The average Bonchev–Trinajstić information content (AvgIpc) is 2.90. The summed E-state index contributed by atoms with van der Waals surface area (Å²) in [5.74, 6) is -1.96. The van der Waals surface area contributed by atoms with Crippen molar-refractivity contribution in [1.29, 1.82) is 0 Å². The molecule has 3 rings (SSSR count). The Morgan fingerprint density at radius 2 is 1.52 bits per heavy atom. The van der Waals surface area contributed by atoms with E-state index in [9.17, 15) is 9.59 Å². The van der Waals surface area contributed by atoms with Crippen LogP contribution in [-0.4, -0.2) is 27.1 Å². The van der Waals surface area contributed by atoms with Crippen molar-refractivity contribution in [2.24, 2.45) is 0 Å². The molecule has 0 unspecified atom stereocenters. The molecule has 2 aromatic carbocycles. The Hall–Kier alpha value is -2.73. The fourth-order valence-corrected chi connectivity index (χ4v) is 2.89. The number of hydrogen-bond donors (Lipinski definition) is 2. The number of fused-ring (bicyclic) bond motifs is 1. The molecule has 1 aromatic heterocycles. The van der Waals surface area contributed by atoms with E-state index in [-0.39, 0.29) is 11.1 Å². The Labute approximate surface area is 123 Å². The molecule has 0 amide bonds. The lowest BCUT2D eigenvalue weighted by atomic mass is 10.1. The molecule has 6 heteroatoms. The predicted octanol–water partition coefficient (Wildman–Crippen LogP) is 3.36. The fraction of sp³-hybridized carbons (Fsp3) is 0. The van der Waals surface area contributed by atoms with Crippen LogP contribution in [0.4, 0.5) is 0 Å². The molecule has 104 valence electrons. The van der Waals surface area contributed by atoms with E-state index in [0.717, 1.165) is 15.3 Å². The first kappa shape index (κ1) is 13.3. The molecule has 0 aliphatic rings. The van der Waals surface area contributed by atoms with Gasteiger partial charge in [0.25, 0.3) is 0 Å². The minimum absolute atomic E-state index is 0.195. The maximum atomic E-state index is 10.9. The number of carboxylic acids is 2. The SMILES string of the molecule is O=C(O)c1ccc(-c2nc3cc(C(=O)O)ccc3s2)cc1. The first-order valence-electron chi connectivity index (χ1n) is 6.02. The van der Waals surface area contributed by atoms with Crippen molar-refractivity contribution in [2.45, 2.75) is 0 Å². The second kappa shape index (κ2) is 4.99. The third kappa shape index (κ3) is 2.48.